The van der Waals surface area contributed by atoms with Crippen LogP contribution >= 0.6 is 12.6 Å². The van der Waals surface area contributed by atoms with Crippen LogP contribution in [0.5, 0.6) is 0 Å². The molecule has 0 aromatic carbocycles. The lowest BCUT2D eigenvalue weighted by Crippen LogP contribution is -2.32. The summed E-state index contributed by atoms with van der Waals surface area (Å²) in [5, 5.41) is 2.52. The number of amides is 1. The lowest BCUT2D eigenvalue weighted by atomic mass is 10.3. The number of ether oxygens (including phenoxy) is 1. The number of aromatic amines is 1. The molecule has 0 aliphatic rings. The van der Waals surface area contributed by atoms with E-state index >= 15 is 0 Å². The lowest BCUT2D eigenvalue weighted by Gasteiger charge is -2.07. The number of carbonyl (C=O) groups excluding carboxylic acids is 2. The molecular formula is C11H14FN3O5S. The van der Waals surface area contributed by atoms with Crippen LogP contribution in [0.25, 0.3) is 0 Å². The van der Waals surface area contributed by atoms with E-state index in [1.165, 1.54) is 0 Å². The number of nitrogens with zero attached hydrogens (tertiary/aromatic N) is 1. The topological polar surface area (TPSA) is 110 Å². The molecule has 116 valence electrons. The number of carbonyl (C=O) groups is 2. The van der Waals surface area contributed by atoms with E-state index in [0.29, 0.717) is 23.1 Å². The third-order valence-electron chi connectivity index (χ3n) is 2.32. The first-order valence-electron chi connectivity index (χ1n) is 5.96. The molecule has 0 saturated carbocycles. The molecule has 0 aliphatic heterocycles. The smallest absolute Gasteiger partial charge is 0.331 e. The highest BCUT2D eigenvalue weighted by Crippen LogP contribution is 1.95. The molecule has 8 nitrogen and oxygen atoms in total. The fraction of sp³-hybridized carbons (Fsp3) is 0.455. The van der Waals surface area contributed by atoms with Crippen molar-refractivity contribution in [2.24, 2.45) is 0 Å². The Morgan fingerprint density at radius 1 is 1.38 bits per heavy atom. The van der Waals surface area contributed by atoms with Crippen molar-refractivity contribution in [2.45, 2.75) is 19.6 Å². The highest BCUT2D eigenvalue weighted by atomic mass is 32.1. The summed E-state index contributed by atoms with van der Waals surface area (Å²) in [4.78, 5) is 46.4. The van der Waals surface area contributed by atoms with Crippen LogP contribution in [0.15, 0.2) is 15.8 Å². The maximum Gasteiger partial charge on any atom is 0.331 e. The van der Waals surface area contributed by atoms with Crippen molar-refractivity contribution < 1.29 is 18.7 Å². The number of rotatable bonds is 7. The van der Waals surface area contributed by atoms with Crippen LogP contribution in [0, 0.1) is 5.82 Å². The van der Waals surface area contributed by atoms with Crippen LogP contribution in [0.4, 0.5) is 4.39 Å². The molecule has 10 heteroatoms. The zero-order valence-corrected chi connectivity index (χ0v) is 11.8. The third-order valence-corrected chi connectivity index (χ3v) is 2.55. The summed E-state index contributed by atoms with van der Waals surface area (Å²) in [6.45, 7) is -0.160. The molecule has 1 heterocycles. The summed E-state index contributed by atoms with van der Waals surface area (Å²) in [7, 11) is 0. The molecule has 0 atom stereocenters. The number of H-pyrrole nitrogens is 1. The van der Waals surface area contributed by atoms with Gasteiger partial charge in [-0.1, -0.05) is 0 Å². The summed E-state index contributed by atoms with van der Waals surface area (Å²) in [6, 6.07) is 0. The average molecular weight is 319 g/mol. The first-order chi connectivity index (χ1) is 9.93. The van der Waals surface area contributed by atoms with Crippen LogP contribution in [0.2, 0.25) is 0 Å². The zero-order valence-electron chi connectivity index (χ0n) is 10.9. The van der Waals surface area contributed by atoms with Gasteiger partial charge in [-0.05, 0) is 0 Å². The highest BCUT2D eigenvalue weighted by Gasteiger charge is 2.09. The van der Waals surface area contributed by atoms with E-state index in [9.17, 15) is 23.6 Å². The van der Waals surface area contributed by atoms with Crippen LogP contribution < -0.4 is 16.6 Å². The van der Waals surface area contributed by atoms with Gasteiger partial charge < -0.3 is 10.1 Å². The molecule has 0 unspecified atom stereocenters. The summed E-state index contributed by atoms with van der Waals surface area (Å²) in [5.41, 5.74) is -2.05. The van der Waals surface area contributed by atoms with E-state index in [1.807, 2.05) is 0 Å². The van der Waals surface area contributed by atoms with Crippen molar-refractivity contribution in [3.63, 3.8) is 0 Å². The lowest BCUT2D eigenvalue weighted by molar-refractivity contribution is -0.148. The molecule has 0 bridgehead atoms. The largest absolute Gasteiger partial charge is 0.444 e. The highest BCUT2D eigenvalue weighted by molar-refractivity contribution is 7.80. The first kappa shape index (κ1) is 17.0. The molecule has 0 radical (unpaired) electrons. The van der Waals surface area contributed by atoms with Crippen molar-refractivity contribution in [3.8, 4) is 0 Å². The van der Waals surface area contributed by atoms with Crippen LogP contribution in [0.1, 0.15) is 12.8 Å². The first-order valence-corrected chi connectivity index (χ1v) is 6.59. The molecular weight excluding hydrogens is 305 g/mol. The van der Waals surface area contributed by atoms with Gasteiger partial charge in [-0.15, -0.1) is 0 Å². The number of hydrogen-bond acceptors (Lipinski definition) is 6. The molecule has 1 aromatic rings. The van der Waals surface area contributed by atoms with Gasteiger partial charge in [0.25, 0.3) is 5.56 Å². The van der Waals surface area contributed by atoms with Crippen molar-refractivity contribution in [3.05, 3.63) is 32.9 Å². The van der Waals surface area contributed by atoms with Crippen LogP contribution in [-0.4, -0.2) is 33.7 Å². The average Bonchev–Trinajstić information content (AvgIpc) is 2.45. The van der Waals surface area contributed by atoms with Crippen LogP contribution in [0.3, 0.4) is 0 Å². The molecule has 1 rings (SSSR count). The molecule has 2 N–H and O–H groups in total. The normalized spacial score (nSPS) is 10.2. The van der Waals surface area contributed by atoms with E-state index in [0.717, 1.165) is 0 Å². The van der Waals surface area contributed by atoms with Gasteiger partial charge in [-0.2, -0.15) is 17.0 Å². The Kier molecular flexibility index (Phi) is 6.66. The van der Waals surface area contributed by atoms with E-state index in [2.05, 4.69) is 17.9 Å². The second-order valence-corrected chi connectivity index (χ2v) is 4.37. The summed E-state index contributed by atoms with van der Waals surface area (Å²) < 4.78 is 18.3. The maximum absolute atomic E-state index is 13.0. The SMILES string of the molecule is O=C(CCC(=O)OCn1cc(F)c(=O)[nH]c1=O)NCCS. The van der Waals surface area contributed by atoms with E-state index in [1.54, 1.807) is 4.98 Å². The van der Waals surface area contributed by atoms with Gasteiger partial charge in [-0.3, -0.25) is 23.9 Å². The second kappa shape index (κ2) is 8.25. The molecule has 21 heavy (non-hydrogen) atoms. The maximum atomic E-state index is 13.0. The van der Waals surface area contributed by atoms with Crippen molar-refractivity contribution in [2.75, 3.05) is 12.3 Å². The van der Waals surface area contributed by atoms with E-state index < -0.39 is 29.8 Å². The van der Waals surface area contributed by atoms with Crippen molar-refractivity contribution >= 4 is 24.5 Å². The monoisotopic (exact) mass is 319 g/mol. The summed E-state index contributed by atoms with van der Waals surface area (Å²) >= 11 is 3.91. The quantitative estimate of drug-likeness (QED) is 0.441. The fourth-order valence-corrected chi connectivity index (χ4v) is 1.40. The predicted octanol–water partition coefficient (Wildman–Crippen LogP) is -0.997. The molecule has 1 aromatic heterocycles. The fourth-order valence-electron chi connectivity index (χ4n) is 1.29. The van der Waals surface area contributed by atoms with Gasteiger partial charge in [0.05, 0.1) is 12.6 Å². The van der Waals surface area contributed by atoms with Gasteiger partial charge in [0.15, 0.2) is 6.73 Å². The number of aromatic nitrogens is 2. The molecule has 0 spiro atoms. The van der Waals surface area contributed by atoms with E-state index in [-0.39, 0.29) is 18.7 Å². The third kappa shape index (κ3) is 5.81. The second-order valence-electron chi connectivity index (χ2n) is 3.93. The number of halogens is 1. The Morgan fingerprint density at radius 2 is 2.10 bits per heavy atom. The van der Waals surface area contributed by atoms with Crippen molar-refractivity contribution in [1.82, 2.24) is 14.9 Å². The predicted molar refractivity (Wildman–Crippen MR) is 73.5 cm³/mol. The van der Waals surface area contributed by atoms with Gasteiger partial charge in [0.2, 0.25) is 11.7 Å². The Bertz CT molecular complexity index is 627. The molecule has 0 saturated heterocycles. The molecule has 0 fully saturated rings. The Morgan fingerprint density at radius 3 is 2.76 bits per heavy atom. The molecule has 1 amide bonds. The Labute approximate surface area is 123 Å². The Hall–Kier alpha value is -2.10. The van der Waals surface area contributed by atoms with Crippen molar-refractivity contribution in [1.29, 1.82) is 0 Å². The number of hydrogen-bond donors (Lipinski definition) is 3. The minimum absolute atomic E-state index is 0.0680. The number of thiol groups is 1. The number of nitrogens with one attached hydrogen (secondary N) is 2. The van der Waals surface area contributed by atoms with Gasteiger partial charge in [-0.25, -0.2) is 4.79 Å². The van der Waals surface area contributed by atoms with Gasteiger partial charge in [0.1, 0.15) is 0 Å². The summed E-state index contributed by atoms with van der Waals surface area (Å²) in [5.74, 6) is -1.74. The standard InChI is InChI=1S/C11H14FN3O5S/c12-7-5-15(11(19)14-10(7)18)6-20-9(17)2-1-8(16)13-3-4-21/h5,21H,1-4,6H2,(H,13,16)(H,14,18,19). The van der Waals surface area contributed by atoms with Gasteiger partial charge in [0, 0.05) is 18.7 Å². The number of esters is 1. The van der Waals surface area contributed by atoms with Crippen LogP contribution in [-0.2, 0) is 21.1 Å². The summed E-state index contributed by atoms with van der Waals surface area (Å²) in [6.07, 6.45) is 0.383. The zero-order chi connectivity index (χ0) is 15.8. The molecule has 0 aliphatic carbocycles. The van der Waals surface area contributed by atoms with E-state index in [4.69, 9.17) is 4.74 Å². The minimum atomic E-state index is -1.17. The van der Waals surface area contributed by atoms with Gasteiger partial charge >= 0.3 is 11.7 Å². The Balaban J connectivity index is 2.43. The minimum Gasteiger partial charge on any atom is -0.444 e.